The summed E-state index contributed by atoms with van der Waals surface area (Å²) in [5.74, 6) is 0.374. The molecular formula is C30H42O12. The molecule has 0 unspecified atom stereocenters. The molecule has 12 nitrogen and oxygen atoms in total. The molecule has 2 aromatic rings. The maximum atomic E-state index is 10.7. The van der Waals surface area contributed by atoms with Gasteiger partial charge in [0.2, 0.25) is 0 Å². The minimum Gasteiger partial charge on any atom is -0.508 e. The average molecular weight is 595 g/mol. The molecule has 2 aliphatic heterocycles. The van der Waals surface area contributed by atoms with Crippen molar-refractivity contribution in [2.45, 2.75) is 93.3 Å². The molecule has 0 radical (unpaired) electrons. The van der Waals surface area contributed by atoms with Crippen LogP contribution >= 0.6 is 0 Å². The van der Waals surface area contributed by atoms with Gasteiger partial charge in [-0.15, -0.1) is 0 Å². The number of aliphatic hydroxyl groups is 6. The fraction of sp³-hybridized carbons (Fsp3) is 0.600. The van der Waals surface area contributed by atoms with Gasteiger partial charge in [-0.3, -0.25) is 0 Å². The van der Waals surface area contributed by atoms with Crippen molar-refractivity contribution in [2.24, 2.45) is 0 Å². The molecule has 2 aliphatic rings. The van der Waals surface area contributed by atoms with Gasteiger partial charge in [0.25, 0.3) is 0 Å². The summed E-state index contributed by atoms with van der Waals surface area (Å²) in [6, 6.07) is 13.9. The number of hydrogen-bond donors (Lipinski definition) is 8. The van der Waals surface area contributed by atoms with E-state index in [-0.39, 0.29) is 30.8 Å². The number of phenols is 2. The molecule has 9 atom stereocenters. The highest BCUT2D eigenvalue weighted by atomic mass is 16.7. The molecule has 0 aliphatic carbocycles. The third-order valence-electron chi connectivity index (χ3n) is 7.87. The molecule has 0 bridgehead atoms. The molecule has 2 saturated heterocycles. The first-order valence-corrected chi connectivity index (χ1v) is 14.2. The highest BCUT2D eigenvalue weighted by Gasteiger charge is 2.50. The van der Waals surface area contributed by atoms with Crippen LogP contribution in [-0.4, -0.2) is 115 Å². The number of aliphatic hydroxyl groups excluding tert-OH is 5. The number of hydrogen-bond acceptors (Lipinski definition) is 12. The SMILES string of the molecule is OC[C@@]1(O)CO[C@@H](OC[C@H]2O[C@H](O[C@H](CCCCc3ccc(O)cc3)CCc3ccc(O)cc3)[C@H](O)[C@@H](O)[C@@H]2O)[C@@H]1O. The Morgan fingerprint density at radius 1 is 0.786 bits per heavy atom. The normalized spacial score (nSPS) is 32.2. The van der Waals surface area contributed by atoms with Gasteiger partial charge in [-0.2, -0.15) is 0 Å². The van der Waals surface area contributed by atoms with Crippen LogP contribution in [0.1, 0.15) is 36.8 Å². The van der Waals surface area contributed by atoms with Crippen molar-refractivity contribution in [2.75, 3.05) is 19.8 Å². The van der Waals surface area contributed by atoms with Crippen molar-refractivity contribution in [3.05, 3.63) is 59.7 Å². The van der Waals surface area contributed by atoms with Crippen molar-refractivity contribution in [1.29, 1.82) is 0 Å². The van der Waals surface area contributed by atoms with Crippen LogP contribution in [0.3, 0.4) is 0 Å². The van der Waals surface area contributed by atoms with E-state index in [0.717, 1.165) is 30.4 Å². The first-order chi connectivity index (χ1) is 20.1. The summed E-state index contributed by atoms with van der Waals surface area (Å²) in [6.45, 7) is -1.46. The Kier molecular flexibility index (Phi) is 11.5. The molecule has 2 aromatic carbocycles. The van der Waals surface area contributed by atoms with Crippen molar-refractivity contribution < 1.29 is 59.8 Å². The molecule has 0 amide bonds. The van der Waals surface area contributed by atoms with Crippen LogP contribution in [0.15, 0.2) is 48.5 Å². The van der Waals surface area contributed by atoms with Gasteiger partial charge in [-0.25, -0.2) is 0 Å². The Balaban J connectivity index is 1.36. The number of ether oxygens (including phenoxy) is 4. The van der Waals surface area contributed by atoms with E-state index in [1.807, 2.05) is 24.3 Å². The highest BCUT2D eigenvalue weighted by molar-refractivity contribution is 5.26. The van der Waals surface area contributed by atoms with Crippen molar-refractivity contribution in [3.8, 4) is 11.5 Å². The van der Waals surface area contributed by atoms with Gasteiger partial charge >= 0.3 is 0 Å². The van der Waals surface area contributed by atoms with E-state index in [9.17, 15) is 40.9 Å². The summed E-state index contributed by atoms with van der Waals surface area (Å²) < 4.78 is 22.7. The van der Waals surface area contributed by atoms with Crippen molar-refractivity contribution >= 4 is 0 Å². The second-order valence-electron chi connectivity index (χ2n) is 11.1. The number of rotatable bonds is 14. The maximum Gasteiger partial charge on any atom is 0.186 e. The Morgan fingerprint density at radius 2 is 1.40 bits per heavy atom. The van der Waals surface area contributed by atoms with Crippen molar-refractivity contribution in [1.82, 2.24) is 0 Å². The van der Waals surface area contributed by atoms with E-state index in [4.69, 9.17) is 18.9 Å². The molecule has 234 valence electrons. The number of aryl methyl sites for hydroxylation is 2. The molecule has 2 fully saturated rings. The number of aromatic hydroxyl groups is 2. The van der Waals surface area contributed by atoms with Crippen LogP contribution in [0.2, 0.25) is 0 Å². The largest absolute Gasteiger partial charge is 0.508 e. The topological polar surface area (TPSA) is 199 Å². The van der Waals surface area contributed by atoms with Crippen LogP contribution in [-0.2, 0) is 31.8 Å². The fourth-order valence-electron chi connectivity index (χ4n) is 5.12. The van der Waals surface area contributed by atoms with Gasteiger partial charge in [-0.05, 0) is 67.5 Å². The quantitative estimate of drug-likeness (QED) is 0.137. The van der Waals surface area contributed by atoms with Crippen LogP contribution in [0, 0.1) is 0 Å². The van der Waals surface area contributed by atoms with E-state index < -0.39 is 55.3 Å². The minimum atomic E-state index is -1.88. The number of benzene rings is 2. The molecule has 0 saturated carbocycles. The average Bonchev–Trinajstić information content (AvgIpc) is 3.28. The smallest absolute Gasteiger partial charge is 0.186 e. The summed E-state index contributed by atoms with van der Waals surface area (Å²) in [5, 5.41) is 80.5. The van der Waals surface area contributed by atoms with Gasteiger partial charge in [0.1, 0.15) is 47.6 Å². The second-order valence-corrected chi connectivity index (χ2v) is 11.1. The Labute approximate surface area is 244 Å². The van der Waals surface area contributed by atoms with Gasteiger partial charge in [0.05, 0.1) is 25.9 Å². The Hall–Kier alpha value is -2.36. The van der Waals surface area contributed by atoms with Crippen LogP contribution in [0.4, 0.5) is 0 Å². The number of phenolic OH excluding ortho intramolecular Hbond substituents is 2. The van der Waals surface area contributed by atoms with E-state index in [0.29, 0.717) is 19.3 Å². The third kappa shape index (κ3) is 8.38. The molecular weight excluding hydrogens is 552 g/mol. The zero-order valence-electron chi connectivity index (χ0n) is 23.3. The molecule has 0 aromatic heterocycles. The Morgan fingerprint density at radius 3 is 2.00 bits per heavy atom. The fourth-order valence-corrected chi connectivity index (χ4v) is 5.12. The molecule has 2 heterocycles. The Bertz CT molecular complexity index is 1080. The van der Waals surface area contributed by atoms with Crippen LogP contribution < -0.4 is 0 Å². The monoisotopic (exact) mass is 594 g/mol. The lowest BCUT2D eigenvalue weighted by molar-refractivity contribution is -0.319. The van der Waals surface area contributed by atoms with Gasteiger partial charge in [0, 0.05) is 0 Å². The maximum absolute atomic E-state index is 10.7. The van der Waals surface area contributed by atoms with E-state index in [1.54, 1.807) is 24.3 Å². The zero-order valence-corrected chi connectivity index (χ0v) is 23.3. The third-order valence-corrected chi connectivity index (χ3v) is 7.87. The van der Waals surface area contributed by atoms with Gasteiger partial charge in [0.15, 0.2) is 12.6 Å². The van der Waals surface area contributed by atoms with Gasteiger partial charge in [-0.1, -0.05) is 30.7 Å². The van der Waals surface area contributed by atoms with Crippen LogP contribution in [0.25, 0.3) is 0 Å². The standard InChI is InChI=1S/C30H42O12/c31-16-30(38)17-40-29(27(30)37)39-15-23-24(34)25(35)26(36)28(42-23)41-22(14-9-19-7-12-21(33)13-8-19)4-2-1-3-18-5-10-20(32)11-6-18/h5-8,10-13,22-29,31-38H,1-4,9,14-17H2/t22-,23-,24-,25+,26-,27+,28+,29-,30-/m1/s1. The van der Waals surface area contributed by atoms with E-state index in [1.165, 1.54) is 0 Å². The summed E-state index contributed by atoms with van der Waals surface area (Å²) in [4.78, 5) is 0. The zero-order chi connectivity index (χ0) is 30.3. The minimum absolute atomic E-state index is 0.164. The predicted molar refractivity (Wildman–Crippen MR) is 147 cm³/mol. The summed E-state index contributed by atoms with van der Waals surface area (Å²) in [7, 11) is 0. The first kappa shape index (κ1) is 32.6. The molecule has 42 heavy (non-hydrogen) atoms. The summed E-state index contributed by atoms with van der Waals surface area (Å²) in [6.07, 6.45) is -6.13. The lowest BCUT2D eigenvalue weighted by Crippen LogP contribution is -2.60. The lowest BCUT2D eigenvalue weighted by Gasteiger charge is -2.41. The molecule has 0 spiro atoms. The second kappa shape index (κ2) is 14.9. The molecule has 12 heteroatoms. The first-order valence-electron chi connectivity index (χ1n) is 14.2. The predicted octanol–water partition coefficient (Wildman–Crippen LogP) is 0.0934. The summed E-state index contributed by atoms with van der Waals surface area (Å²) in [5.41, 5.74) is 0.190. The summed E-state index contributed by atoms with van der Waals surface area (Å²) >= 11 is 0. The van der Waals surface area contributed by atoms with Crippen LogP contribution in [0.5, 0.6) is 11.5 Å². The van der Waals surface area contributed by atoms with Crippen molar-refractivity contribution in [3.63, 3.8) is 0 Å². The van der Waals surface area contributed by atoms with Gasteiger partial charge < -0.3 is 59.8 Å². The van der Waals surface area contributed by atoms with E-state index in [2.05, 4.69) is 0 Å². The lowest BCUT2D eigenvalue weighted by atomic mass is 9.98. The molecule has 4 rings (SSSR count). The highest BCUT2D eigenvalue weighted by Crippen LogP contribution is 2.29. The number of unbranched alkanes of at least 4 members (excludes halogenated alkanes) is 1. The molecule has 8 N–H and O–H groups in total. The van der Waals surface area contributed by atoms with E-state index >= 15 is 0 Å².